The Bertz CT molecular complexity index is 824. The molecule has 0 aromatic heterocycles. The molecule has 1 N–H and O–H groups in total. The van der Waals surface area contributed by atoms with Crippen LogP contribution < -0.4 is 5.32 Å². The molecule has 6 heteroatoms. The number of carbonyl (C=O) groups is 1. The van der Waals surface area contributed by atoms with E-state index < -0.39 is 10.0 Å². The fraction of sp³-hybridized carbons (Fsp3) is 0.350. The Morgan fingerprint density at radius 2 is 1.46 bits per heavy atom. The molecule has 0 heterocycles. The summed E-state index contributed by atoms with van der Waals surface area (Å²) in [7, 11) is -3.45. The number of nitrogens with one attached hydrogen (secondary N) is 1. The molecule has 5 nitrogen and oxygen atoms in total. The highest BCUT2D eigenvalue weighted by Crippen LogP contribution is 2.16. The van der Waals surface area contributed by atoms with E-state index in [1.165, 1.54) is 4.31 Å². The van der Waals surface area contributed by atoms with E-state index in [4.69, 9.17) is 0 Å². The van der Waals surface area contributed by atoms with Crippen LogP contribution in [-0.2, 0) is 27.8 Å². The predicted molar refractivity (Wildman–Crippen MR) is 103 cm³/mol. The molecular weight excluding hydrogens is 348 g/mol. The van der Waals surface area contributed by atoms with Crippen LogP contribution in [0.15, 0.2) is 53.4 Å². The highest BCUT2D eigenvalue weighted by molar-refractivity contribution is 7.89. The second-order valence-electron chi connectivity index (χ2n) is 6.17. The van der Waals surface area contributed by atoms with Crippen LogP contribution in [0.4, 0.5) is 0 Å². The Hall–Kier alpha value is -2.18. The number of aryl methyl sites for hydroxylation is 1. The number of hydrogen-bond acceptors (Lipinski definition) is 3. The summed E-state index contributed by atoms with van der Waals surface area (Å²) in [5, 5.41) is 2.87. The van der Waals surface area contributed by atoms with Gasteiger partial charge in [-0.2, -0.15) is 4.31 Å². The zero-order valence-electron chi connectivity index (χ0n) is 15.5. The maximum absolute atomic E-state index is 12.5. The molecule has 0 bridgehead atoms. The van der Waals surface area contributed by atoms with Gasteiger partial charge in [-0.15, -0.1) is 0 Å². The Labute approximate surface area is 156 Å². The van der Waals surface area contributed by atoms with Crippen molar-refractivity contribution >= 4 is 15.9 Å². The van der Waals surface area contributed by atoms with Crippen LogP contribution in [0.2, 0.25) is 0 Å². The van der Waals surface area contributed by atoms with E-state index in [2.05, 4.69) is 5.32 Å². The van der Waals surface area contributed by atoms with Gasteiger partial charge in [-0.1, -0.05) is 55.8 Å². The SMILES string of the molecule is CCN(CC)S(=O)(=O)c1ccc(CNC(=O)Cc2ccc(C)cc2)cc1. The van der Waals surface area contributed by atoms with Crippen molar-refractivity contribution in [2.24, 2.45) is 0 Å². The van der Waals surface area contributed by atoms with E-state index in [0.717, 1.165) is 16.7 Å². The highest BCUT2D eigenvalue weighted by Gasteiger charge is 2.21. The summed E-state index contributed by atoms with van der Waals surface area (Å²) in [4.78, 5) is 12.3. The number of benzene rings is 2. The van der Waals surface area contributed by atoms with Gasteiger partial charge >= 0.3 is 0 Å². The number of sulfonamides is 1. The Kier molecular flexibility index (Phi) is 6.94. The Morgan fingerprint density at radius 3 is 2.00 bits per heavy atom. The number of rotatable bonds is 8. The van der Waals surface area contributed by atoms with Crippen molar-refractivity contribution in [1.82, 2.24) is 9.62 Å². The molecule has 0 fully saturated rings. The molecular formula is C20H26N2O3S. The van der Waals surface area contributed by atoms with Gasteiger partial charge in [-0.25, -0.2) is 8.42 Å². The van der Waals surface area contributed by atoms with E-state index in [9.17, 15) is 13.2 Å². The summed E-state index contributed by atoms with van der Waals surface area (Å²) in [6.07, 6.45) is 0.328. The van der Waals surface area contributed by atoms with E-state index in [0.29, 0.717) is 26.1 Å². The quantitative estimate of drug-likeness (QED) is 0.773. The van der Waals surface area contributed by atoms with E-state index in [1.54, 1.807) is 24.3 Å². The van der Waals surface area contributed by atoms with Crippen LogP contribution in [0, 0.1) is 6.92 Å². The maximum atomic E-state index is 12.5. The standard InChI is InChI=1S/C20H26N2O3S/c1-4-22(5-2)26(24,25)19-12-10-18(11-13-19)15-21-20(23)14-17-8-6-16(3)7-9-17/h6-13H,4-5,14-15H2,1-3H3,(H,21,23). The van der Waals surface area contributed by atoms with Crippen molar-refractivity contribution < 1.29 is 13.2 Å². The molecule has 26 heavy (non-hydrogen) atoms. The van der Waals surface area contributed by atoms with Crippen molar-refractivity contribution in [2.75, 3.05) is 13.1 Å². The Balaban J connectivity index is 1.94. The molecule has 2 aromatic rings. The van der Waals surface area contributed by atoms with Crippen LogP contribution in [0.1, 0.15) is 30.5 Å². The number of amides is 1. The van der Waals surface area contributed by atoms with Crippen molar-refractivity contribution in [3.05, 3.63) is 65.2 Å². The van der Waals surface area contributed by atoms with E-state index in [1.807, 2.05) is 45.0 Å². The topological polar surface area (TPSA) is 66.5 Å². The van der Waals surface area contributed by atoms with Gasteiger partial charge in [-0.3, -0.25) is 4.79 Å². The number of carbonyl (C=O) groups excluding carboxylic acids is 1. The fourth-order valence-corrected chi connectivity index (χ4v) is 4.10. The molecule has 0 aliphatic rings. The van der Waals surface area contributed by atoms with E-state index >= 15 is 0 Å². The van der Waals surface area contributed by atoms with Gasteiger partial charge in [0.15, 0.2) is 0 Å². The number of hydrogen-bond donors (Lipinski definition) is 1. The van der Waals surface area contributed by atoms with Crippen LogP contribution in [0.25, 0.3) is 0 Å². The van der Waals surface area contributed by atoms with Gasteiger partial charge in [0.25, 0.3) is 0 Å². The lowest BCUT2D eigenvalue weighted by molar-refractivity contribution is -0.120. The van der Waals surface area contributed by atoms with Gasteiger partial charge in [0, 0.05) is 19.6 Å². The molecule has 0 aliphatic heterocycles. The van der Waals surface area contributed by atoms with Crippen LogP contribution in [0.5, 0.6) is 0 Å². The zero-order valence-corrected chi connectivity index (χ0v) is 16.3. The summed E-state index contributed by atoms with van der Waals surface area (Å²) in [6, 6.07) is 14.5. The maximum Gasteiger partial charge on any atom is 0.243 e. The van der Waals surface area contributed by atoms with E-state index in [-0.39, 0.29) is 10.8 Å². The lowest BCUT2D eigenvalue weighted by atomic mass is 10.1. The molecule has 2 aromatic carbocycles. The first-order valence-electron chi connectivity index (χ1n) is 8.78. The summed E-state index contributed by atoms with van der Waals surface area (Å²) < 4.78 is 26.3. The molecule has 0 radical (unpaired) electrons. The highest BCUT2D eigenvalue weighted by atomic mass is 32.2. The third-order valence-corrected chi connectivity index (χ3v) is 6.31. The van der Waals surface area contributed by atoms with Crippen LogP contribution >= 0.6 is 0 Å². The molecule has 1 amide bonds. The monoisotopic (exact) mass is 374 g/mol. The summed E-state index contributed by atoms with van der Waals surface area (Å²) >= 11 is 0. The largest absolute Gasteiger partial charge is 0.352 e. The van der Waals surface area contributed by atoms with Crippen molar-refractivity contribution in [2.45, 2.75) is 38.6 Å². The molecule has 140 valence electrons. The zero-order chi connectivity index (χ0) is 19.2. The predicted octanol–water partition coefficient (Wildman–Crippen LogP) is 2.88. The van der Waals surface area contributed by atoms with Crippen LogP contribution in [0.3, 0.4) is 0 Å². The first-order valence-corrected chi connectivity index (χ1v) is 10.2. The molecule has 0 saturated heterocycles. The average Bonchev–Trinajstić information content (AvgIpc) is 2.63. The second kappa shape index (κ2) is 8.96. The van der Waals surface area contributed by atoms with Gasteiger partial charge < -0.3 is 5.32 Å². The Morgan fingerprint density at radius 1 is 0.923 bits per heavy atom. The minimum Gasteiger partial charge on any atom is -0.352 e. The lowest BCUT2D eigenvalue weighted by Gasteiger charge is -2.18. The molecule has 0 saturated carbocycles. The third kappa shape index (κ3) is 5.16. The number of nitrogens with zero attached hydrogens (tertiary/aromatic N) is 1. The first-order chi connectivity index (χ1) is 12.4. The fourth-order valence-electron chi connectivity index (χ4n) is 2.65. The van der Waals surface area contributed by atoms with Gasteiger partial charge in [0.1, 0.15) is 0 Å². The summed E-state index contributed by atoms with van der Waals surface area (Å²) in [5.41, 5.74) is 2.99. The minimum atomic E-state index is -3.45. The van der Waals surface area contributed by atoms with Crippen LogP contribution in [-0.4, -0.2) is 31.7 Å². The molecule has 0 unspecified atom stereocenters. The molecule has 0 spiro atoms. The average molecular weight is 375 g/mol. The molecule has 0 aliphatic carbocycles. The van der Waals surface area contributed by atoms with Gasteiger partial charge in [-0.05, 0) is 30.2 Å². The van der Waals surface area contributed by atoms with Crippen molar-refractivity contribution in [3.8, 4) is 0 Å². The first kappa shape index (κ1) is 20.1. The molecule has 0 atom stereocenters. The van der Waals surface area contributed by atoms with Crippen molar-refractivity contribution in [1.29, 1.82) is 0 Å². The van der Waals surface area contributed by atoms with Gasteiger partial charge in [0.2, 0.25) is 15.9 Å². The lowest BCUT2D eigenvalue weighted by Crippen LogP contribution is -2.30. The minimum absolute atomic E-state index is 0.0614. The van der Waals surface area contributed by atoms with Crippen molar-refractivity contribution in [3.63, 3.8) is 0 Å². The summed E-state index contributed by atoms with van der Waals surface area (Å²) in [6.45, 7) is 6.90. The van der Waals surface area contributed by atoms with Gasteiger partial charge in [0.05, 0.1) is 11.3 Å². The molecule has 2 rings (SSSR count). The smallest absolute Gasteiger partial charge is 0.243 e. The second-order valence-corrected chi connectivity index (χ2v) is 8.11. The summed E-state index contributed by atoms with van der Waals surface area (Å²) in [5.74, 6) is -0.0614. The normalized spacial score (nSPS) is 11.5. The third-order valence-electron chi connectivity index (χ3n) is 4.24.